The molecule has 2 saturated heterocycles. The lowest BCUT2D eigenvalue weighted by molar-refractivity contribution is -0.140. The third kappa shape index (κ3) is 3.54. The number of hydrogen-bond donors (Lipinski definition) is 0. The molecule has 1 atom stereocenters. The minimum atomic E-state index is 0.330. The molecular weight excluding hydrogens is 326 g/mol. The summed E-state index contributed by atoms with van der Waals surface area (Å²) in [6, 6.07) is 8.82. The van der Waals surface area contributed by atoms with Crippen molar-refractivity contribution in [3.05, 3.63) is 24.3 Å². The first-order chi connectivity index (χ1) is 12.8. The molecule has 26 heavy (non-hydrogen) atoms. The highest BCUT2D eigenvalue weighted by Gasteiger charge is 2.34. The van der Waals surface area contributed by atoms with Crippen LogP contribution in [0.4, 0.5) is 5.69 Å². The molecule has 0 radical (unpaired) electrons. The van der Waals surface area contributed by atoms with E-state index in [1.165, 1.54) is 18.5 Å². The number of nitrogens with zero attached hydrogens (tertiary/aromatic N) is 3. The molecule has 1 amide bonds. The summed E-state index contributed by atoms with van der Waals surface area (Å²) in [5.41, 5.74) is 1.19. The minimum absolute atomic E-state index is 0.330. The Bertz CT molecular complexity index is 623. The van der Waals surface area contributed by atoms with Gasteiger partial charge in [-0.25, -0.2) is 0 Å². The van der Waals surface area contributed by atoms with Crippen LogP contribution in [-0.4, -0.2) is 68.1 Å². The second-order valence-electron chi connectivity index (χ2n) is 7.90. The van der Waals surface area contributed by atoms with Crippen LogP contribution in [0.5, 0.6) is 5.75 Å². The van der Waals surface area contributed by atoms with Gasteiger partial charge in [0.2, 0.25) is 5.91 Å². The molecule has 0 bridgehead atoms. The molecule has 2 heterocycles. The molecule has 0 unspecified atom stereocenters. The first-order valence-corrected chi connectivity index (χ1v) is 10.2. The van der Waals surface area contributed by atoms with Gasteiger partial charge in [0.25, 0.3) is 0 Å². The van der Waals surface area contributed by atoms with Crippen molar-refractivity contribution in [2.75, 3.05) is 51.3 Å². The molecule has 1 saturated carbocycles. The first kappa shape index (κ1) is 17.7. The van der Waals surface area contributed by atoms with Crippen molar-refractivity contribution in [3.63, 3.8) is 0 Å². The number of carbonyl (C=O) groups is 1. The highest BCUT2D eigenvalue weighted by atomic mass is 16.5. The Hall–Kier alpha value is -1.75. The highest BCUT2D eigenvalue weighted by Crippen LogP contribution is 2.31. The van der Waals surface area contributed by atoms with E-state index < -0.39 is 0 Å². The maximum atomic E-state index is 12.6. The average Bonchev–Trinajstić information content (AvgIpc) is 2.67. The number of piperidine rings is 1. The van der Waals surface area contributed by atoms with Crippen molar-refractivity contribution in [1.82, 2.24) is 9.80 Å². The van der Waals surface area contributed by atoms with E-state index in [0.717, 1.165) is 64.3 Å². The molecule has 5 nitrogen and oxygen atoms in total. The molecule has 3 aliphatic rings. The first-order valence-electron chi connectivity index (χ1n) is 10.2. The number of amides is 1. The average molecular weight is 357 g/mol. The van der Waals surface area contributed by atoms with Crippen LogP contribution in [0.25, 0.3) is 0 Å². The zero-order valence-corrected chi connectivity index (χ0v) is 15.9. The van der Waals surface area contributed by atoms with Crippen molar-refractivity contribution < 1.29 is 9.53 Å². The number of anilines is 1. The van der Waals surface area contributed by atoms with Crippen LogP contribution < -0.4 is 9.64 Å². The van der Waals surface area contributed by atoms with E-state index in [0.29, 0.717) is 17.9 Å². The number of rotatable bonds is 4. The number of piperazine rings is 1. The van der Waals surface area contributed by atoms with E-state index in [-0.39, 0.29) is 0 Å². The molecule has 142 valence electrons. The number of carbonyl (C=O) groups excluding carboxylic acids is 1. The highest BCUT2D eigenvalue weighted by molar-refractivity contribution is 5.79. The van der Waals surface area contributed by atoms with Gasteiger partial charge in [-0.3, -0.25) is 9.69 Å². The zero-order valence-electron chi connectivity index (χ0n) is 15.9. The van der Waals surface area contributed by atoms with E-state index in [1.807, 2.05) is 12.1 Å². The SMILES string of the molecule is COc1ccccc1N1CCN([C@H]2CCCN(C(=O)C3CCC3)C2)CC1. The number of para-hydroxylation sites is 2. The van der Waals surface area contributed by atoms with E-state index >= 15 is 0 Å². The molecule has 0 spiro atoms. The summed E-state index contributed by atoms with van der Waals surface area (Å²) in [5.74, 6) is 1.71. The van der Waals surface area contributed by atoms with Gasteiger partial charge in [-0.15, -0.1) is 0 Å². The van der Waals surface area contributed by atoms with E-state index in [4.69, 9.17) is 4.74 Å². The van der Waals surface area contributed by atoms with Gasteiger partial charge in [0.05, 0.1) is 12.8 Å². The zero-order chi connectivity index (χ0) is 17.9. The Morgan fingerprint density at radius 3 is 2.46 bits per heavy atom. The van der Waals surface area contributed by atoms with Gasteiger partial charge < -0.3 is 14.5 Å². The minimum Gasteiger partial charge on any atom is -0.495 e. The fourth-order valence-corrected chi connectivity index (χ4v) is 4.59. The van der Waals surface area contributed by atoms with Crippen LogP contribution in [0.1, 0.15) is 32.1 Å². The van der Waals surface area contributed by atoms with Crippen LogP contribution in [0.2, 0.25) is 0 Å². The summed E-state index contributed by atoms with van der Waals surface area (Å²) in [6.45, 7) is 6.07. The molecule has 1 aliphatic carbocycles. The maximum Gasteiger partial charge on any atom is 0.225 e. The Morgan fingerprint density at radius 2 is 1.77 bits per heavy atom. The summed E-state index contributed by atoms with van der Waals surface area (Å²) in [6.07, 6.45) is 5.83. The molecule has 1 aromatic carbocycles. The molecule has 3 fully saturated rings. The number of benzene rings is 1. The normalized spacial score (nSPS) is 25.0. The molecule has 2 aliphatic heterocycles. The van der Waals surface area contributed by atoms with Crippen molar-refractivity contribution >= 4 is 11.6 Å². The van der Waals surface area contributed by atoms with E-state index in [9.17, 15) is 4.79 Å². The molecule has 4 rings (SSSR count). The topological polar surface area (TPSA) is 36.0 Å². The monoisotopic (exact) mass is 357 g/mol. The number of hydrogen-bond acceptors (Lipinski definition) is 4. The van der Waals surface area contributed by atoms with Crippen molar-refractivity contribution in [3.8, 4) is 5.75 Å². The van der Waals surface area contributed by atoms with E-state index in [2.05, 4.69) is 26.8 Å². The van der Waals surface area contributed by atoms with Crippen molar-refractivity contribution in [1.29, 1.82) is 0 Å². The number of ether oxygens (including phenoxy) is 1. The largest absolute Gasteiger partial charge is 0.495 e. The van der Waals surface area contributed by atoms with Crippen LogP contribution in [0.3, 0.4) is 0 Å². The molecule has 1 aromatic rings. The lowest BCUT2D eigenvalue weighted by Crippen LogP contribution is -2.56. The fraction of sp³-hybridized carbons (Fsp3) is 0.667. The standard InChI is InChI=1S/C21H31N3O2/c1-26-20-10-3-2-9-19(20)23-14-12-22(13-15-23)18-8-5-11-24(16-18)21(25)17-6-4-7-17/h2-3,9-10,17-18H,4-8,11-16H2,1H3/t18-/m0/s1. The van der Waals surface area contributed by atoms with Crippen LogP contribution in [0, 0.1) is 5.92 Å². The van der Waals surface area contributed by atoms with Crippen molar-refractivity contribution in [2.24, 2.45) is 5.92 Å². The third-order valence-corrected chi connectivity index (χ3v) is 6.42. The van der Waals surface area contributed by atoms with Gasteiger partial charge in [0.1, 0.15) is 5.75 Å². The summed E-state index contributed by atoms with van der Waals surface area (Å²) in [7, 11) is 1.74. The van der Waals surface area contributed by atoms with Crippen LogP contribution in [0.15, 0.2) is 24.3 Å². The van der Waals surface area contributed by atoms with Crippen LogP contribution in [-0.2, 0) is 4.79 Å². The summed E-state index contributed by atoms with van der Waals surface area (Å²) in [4.78, 5) is 19.8. The number of methoxy groups -OCH3 is 1. The predicted octanol–water partition coefficient (Wildman–Crippen LogP) is 2.61. The fourth-order valence-electron chi connectivity index (χ4n) is 4.59. The third-order valence-electron chi connectivity index (χ3n) is 6.42. The van der Waals surface area contributed by atoms with E-state index in [1.54, 1.807) is 7.11 Å². The van der Waals surface area contributed by atoms with Gasteiger partial charge in [-0.2, -0.15) is 0 Å². The molecule has 5 heteroatoms. The van der Waals surface area contributed by atoms with Crippen LogP contribution >= 0.6 is 0 Å². The molecule has 0 aromatic heterocycles. The number of likely N-dealkylation sites (tertiary alicyclic amines) is 1. The van der Waals surface area contributed by atoms with Gasteiger partial charge in [-0.05, 0) is 37.8 Å². The van der Waals surface area contributed by atoms with Gasteiger partial charge in [0.15, 0.2) is 0 Å². The second kappa shape index (κ2) is 7.87. The molecular formula is C21H31N3O2. The van der Waals surface area contributed by atoms with Gasteiger partial charge in [-0.1, -0.05) is 18.6 Å². The van der Waals surface area contributed by atoms with Gasteiger partial charge >= 0.3 is 0 Å². The van der Waals surface area contributed by atoms with Gasteiger partial charge in [0, 0.05) is 51.2 Å². The smallest absolute Gasteiger partial charge is 0.225 e. The Kier molecular flexibility index (Phi) is 5.34. The lowest BCUT2D eigenvalue weighted by atomic mass is 9.84. The Labute approximate surface area is 156 Å². The summed E-state index contributed by atoms with van der Waals surface area (Å²) < 4.78 is 5.52. The summed E-state index contributed by atoms with van der Waals surface area (Å²) >= 11 is 0. The maximum absolute atomic E-state index is 12.6. The molecule has 0 N–H and O–H groups in total. The lowest BCUT2D eigenvalue weighted by Gasteiger charge is -2.45. The van der Waals surface area contributed by atoms with Crippen molar-refractivity contribution in [2.45, 2.75) is 38.1 Å². The second-order valence-corrected chi connectivity index (χ2v) is 7.90. The quantitative estimate of drug-likeness (QED) is 0.830. The Morgan fingerprint density at radius 1 is 1.00 bits per heavy atom. The predicted molar refractivity (Wildman–Crippen MR) is 104 cm³/mol. The Balaban J connectivity index is 1.33. The summed E-state index contributed by atoms with van der Waals surface area (Å²) in [5, 5.41) is 0.